The molecular weight excluding hydrogens is 204 g/mol. The molecule has 1 saturated heterocycles. The molecule has 0 aromatic rings. The van der Waals surface area contributed by atoms with Crippen LogP contribution < -0.4 is 5.32 Å². The molecule has 94 valence electrons. The van der Waals surface area contributed by atoms with Crippen molar-refractivity contribution in [1.29, 1.82) is 0 Å². The standard InChI is InChI=1S/C12H24N2O2/c1-12(2,3)13-6-5-11(15)14-7-4-9-16-10-8-14/h13H,4-10H2,1-3H3. The monoisotopic (exact) mass is 228 g/mol. The van der Waals surface area contributed by atoms with Crippen LogP contribution in [0.25, 0.3) is 0 Å². The summed E-state index contributed by atoms with van der Waals surface area (Å²) in [5.74, 6) is 0.238. The Morgan fingerprint density at radius 2 is 2.06 bits per heavy atom. The van der Waals surface area contributed by atoms with Crippen molar-refractivity contribution >= 4 is 5.91 Å². The average molecular weight is 228 g/mol. The van der Waals surface area contributed by atoms with E-state index in [4.69, 9.17) is 4.74 Å². The maximum Gasteiger partial charge on any atom is 0.223 e. The van der Waals surface area contributed by atoms with Crippen LogP contribution in [0.15, 0.2) is 0 Å². The summed E-state index contributed by atoms with van der Waals surface area (Å²) in [6.45, 7) is 10.1. The number of amides is 1. The molecule has 0 aromatic heterocycles. The van der Waals surface area contributed by atoms with Crippen molar-refractivity contribution in [2.45, 2.75) is 39.2 Å². The fourth-order valence-electron chi connectivity index (χ4n) is 1.70. The molecule has 0 spiro atoms. The first-order chi connectivity index (χ1) is 7.49. The fourth-order valence-corrected chi connectivity index (χ4v) is 1.70. The molecule has 1 aliphatic rings. The third-order valence-electron chi connectivity index (χ3n) is 2.57. The van der Waals surface area contributed by atoms with Gasteiger partial charge in [0.15, 0.2) is 0 Å². The molecular formula is C12H24N2O2. The second-order valence-corrected chi connectivity index (χ2v) is 5.27. The zero-order chi connectivity index (χ0) is 12.0. The van der Waals surface area contributed by atoms with E-state index in [1.165, 1.54) is 0 Å². The Labute approximate surface area is 98.3 Å². The molecule has 1 rings (SSSR count). The molecule has 16 heavy (non-hydrogen) atoms. The maximum absolute atomic E-state index is 11.9. The zero-order valence-electron chi connectivity index (χ0n) is 10.7. The van der Waals surface area contributed by atoms with Gasteiger partial charge >= 0.3 is 0 Å². The van der Waals surface area contributed by atoms with Gasteiger partial charge in [-0.3, -0.25) is 4.79 Å². The summed E-state index contributed by atoms with van der Waals surface area (Å²) >= 11 is 0. The van der Waals surface area contributed by atoms with Crippen LogP contribution >= 0.6 is 0 Å². The Balaban J connectivity index is 2.23. The minimum Gasteiger partial charge on any atom is -0.380 e. The van der Waals surface area contributed by atoms with E-state index in [1.54, 1.807) is 0 Å². The van der Waals surface area contributed by atoms with Crippen molar-refractivity contribution in [2.24, 2.45) is 0 Å². The van der Waals surface area contributed by atoms with Crippen molar-refractivity contribution in [1.82, 2.24) is 10.2 Å². The Hall–Kier alpha value is -0.610. The molecule has 1 amide bonds. The molecule has 4 heteroatoms. The van der Waals surface area contributed by atoms with Crippen molar-refractivity contribution in [3.8, 4) is 0 Å². The first kappa shape index (κ1) is 13.5. The minimum absolute atomic E-state index is 0.0855. The predicted octanol–water partition coefficient (Wildman–Crippen LogP) is 1.01. The van der Waals surface area contributed by atoms with Crippen LogP contribution in [0.2, 0.25) is 0 Å². The van der Waals surface area contributed by atoms with Crippen LogP contribution in [0, 0.1) is 0 Å². The number of nitrogens with zero attached hydrogens (tertiary/aromatic N) is 1. The Bertz CT molecular complexity index is 216. The van der Waals surface area contributed by atoms with Gasteiger partial charge in [-0.1, -0.05) is 0 Å². The molecule has 1 N–H and O–H groups in total. The van der Waals surface area contributed by atoms with E-state index in [0.717, 1.165) is 32.7 Å². The van der Waals surface area contributed by atoms with Gasteiger partial charge in [0, 0.05) is 38.2 Å². The van der Waals surface area contributed by atoms with Gasteiger partial charge in [-0.05, 0) is 27.2 Å². The molecule has 1 heterocycles. The summed E-state index contributed by atoms with van der Waals surface area (Å²) in [5.41, 5.74) is 0.0855. The van der Waals surface area contributed by atoms with Gasteiger partial charge in [0.2, 0.25) is 5.91 Å². The topological polar surface area (TPSA) is 41.6 Å². The van der Waals surface area contributed by atoms with Crippen LogP contribution in [-0.4, -0.2) is 49.2 Å². The largest absolute Gasteiger partial charge is 0.380 e. The first-order valence-electron chi connectivity index (χ1n) is 6.09. The summed E-state index contributed by atoms with van der Waals surface area (Å²) in [4.78, 5) is 13.8. The zero-order valence-corrected chi connectivity index (χ0v) is 10.7. The van der Waals surface area contributed by atoms with E-state index < -0.39 is 0 Å². The van der Waals surface area contributed by atoms with Crippen LogP contribution in [0.4, 0.5) is 0 Å². The van der Waals surface area contributed by atoms with Crippen molar-refractivity contribution < 1.29 is 9.53 Å². The molecule has 0 saturated carbocycles. The third kappa shape index (κ3) is 5.47. The Kier molecular flexibility index (Phi) is 5.22. The van der Waals surface area contributed by atoms with Crippen LogP contribution in [0.1, 0.15) is 33.6 Å². The lowest BCUT2D eigenvalue weighted by molar-refractivity contribution is -0.131. The fraction of sp³-hybridized carbons (Fsp3) is 0.917. The number of rotatable bonds is 3. The van der Waals surface area contributed by atoms with Gasteiger partial charge in [-0.15, -0.1) is 0 Å². The molecule has 0 radical (unpaired) electrons. The molecule has 0 unspecified atom stereocenters. The van der Waals surface area contributed by atoms with Gasteiger partial charge in [0.05, 0.1) is 6.61 Å². The number of hydrogen-bond acceptors (Lipinski definition) is 3. The smallest absolute Gasteiger partial charge is 0.223 e. The van der Waals surface area contributed by atoms with Crippen LogP contribution in [0.5, 0.6) is 0 Å². The van der Waals surface area contributed by atoms with E-state index in [-0.39, 0.29) is 11.4 Å². The maximum atomic E-state index is 11.9. The van der Waals surface area contributed by atoms with Gasteiger partial charge < -0.3 is 15.0 Å². The third-order valence-corrected chi connectivity index (χ3v) is 2.57. The highest BCUT2D eigenvalue weighted by Gasteiger charge is 2.16. The lowest BCUT2D eigenvalue weighted by Gasteiger charge is -2.23. The minimum atomic E-state index is 0.0855. The number of carbonyl (C=O) groups is 1. The molecule has 1 aliphatic heterocycles. The highest BCUT2D eigenvalue weighted by Crippen LogP contribution is 2.03. The molecule has 0 atom stereocenters. The summed E-state index contributed by atoms with van der Waals surface area (Å²) in [6.07, 6.45) is 1.54. The highest BCUT2D eigenvalue weighted by molar-refractivity contribution is 5.76. The molecule has 0 aliphatic carbocycles. The first-order valence-corrected chi connectivity index (χ1v) is 6.09. The summed E-state index contributed by atoms with van der Waals surface area (Å²) in [7, 11) is 0. The van der Waals surface area contributed by atoms with E-state index >= 15 is 0 Å². The van der Waals surface area contributed by atoms with Crippen molar-refractivity contribution in [3.05, 3.63) is 0 Å². The second kappa shape index (κ2) is 6.21. The Morgan fingerprint density at radius 3 is 2.75 bits per heavy atom. The van der Waals surface area contributed by atoms with Gasteiger partial charge in [-0.2, -0.15) is 0 Å². The second-order valence-electron chi connectivity index (χ2n) is 5.27. The highest BCUT2D eigenvalue weighted by atomic mass is 16.5. The summed E-state index contributed by atoms with van der Waals surface area (Å²) in [6, 6.07) is 0. The number of hydrogen-bond donors (Lipinski definition) is 1. The lowest BCUT2D eigenvalue weighted by Crippen LogP contribution is -2.40. The number of ether oxygens (including phenoxy) is 1. The van der Waals surface area contributed by atoms with Crippen LogP contribution in [-0.2, 0) is 9.53 Å². The SMILES string of the molecule is CC(C)(C)NCCC(=O)N1CCCOCC1. The average Bonchev–Trinajstić information content (AvgIpc) is 2.43. The summed E-state index contributed by atoms with van der Waals surface area (Å²) in [5, 5.41) is 3.33. The van der Waals surface area contributed by atoms with Gasteiger partial charge in [0.25, 0.3) is 0 Å². The quantitative estimate of drug-likeness (QED) is 0.784. The van der Waals surface area contributed by atoms with Crippen LogP contribution in [0.3, 0.4) is 0 Å². The van der Waals surface area contributed by atoms with E-state index in [1.807, 2.05) is 4.90 Å². The van der Waals surface area contributed by atoms with Crippen molar-refractivity contribution in [3.63, 3.8) is 0 Å². The lowest BCUT2D eigenvalue weighted by atomic mass is 10.1. The van der Waals surface area contributed by atoms with Gasteiger partial charge in [-0.25, -0.2) is 0 Å². The molecule has 1 fully saturated rings. The normalized spacial score (nSPS) is 18.3. The Morgan fingerprint density at radius 1 is 1.31 bits per heavy atom. The van der Waals surface area contributed by atoms with Gasteiger partial charge in [0.1, 0.15) is 0 Å². The van der Waals surface area contributed by atoms with Crippen molar-refractivity contribution in [2.75, 3.05) is 32.8 Å². The summed E-state index contributed by atoms with van der Waals surface area (Å²) < 4.78 is 5.32. The molecule has 0 bridgehead atoms. The van der Waals surface area contributed by atoms with E-state index in [9.17, 15) is 4.79 Å². The predicted molar refractivity (Wildman–Crippen MR) is 64.4 cm³/mol. The van der Waals surface area contributed by atoms with E-state index in [0.29, 0.717) is 13.0 Å². The molecule has 0 aromatic carbocycles. The number of nitrogens with one attached hydrogen (secondary N) is 1. The number of carbonyl (C=O) groups excluding carboxylic acids is 1. The molecule has 4 nitrogen and oxygen atoms in total. The van der Waals surface area contributed by atoms with E-state index in [2.05, 4.69) is 26.1 Å².